The van der Waals surface area contributed by atoms with E-state index in [1.165, 1.54) is 6.07 Å². The second-order valence-electron chi connectivity index (χ2n) is 5.33. The third-order valence-corrected chi connectivity index (χ3v) is 3.75. The van der Waals surface area contributed by atoms with Crippen molar-refractivity contribution < 1.29 is 9.72 Å². The maximum atomic E-state index is 12.4. The first kappa shape index (κ1) is 16.3. The summed E-state index contributed by atoms with van der Waals surface area (Å²) in [6.07, 6.45) is 3.63. The Labute approximate surface area is 143 Å². The highest BCUT2D eigenvalue weighted by Gasteiger charge is 2.16. The summed E-state index contributed by atoms with van der Waals surface area (Å²) in [5.74, 6) is -0.411. The van der Waals surface area contributed by atoms with E-state index < -0.39 is 10.8 Å². The van der Waals surface area contributed by atoms with Crippen LogP contribution in [0.4, 0.5) is 11.4 Å². The van der Waals surface area contributed by atoms with Gasteiger partial charge in [0.1, 0.15) is 12.7 Å². The number of aromatic nitrogens is 3. The number of nitrogens with one attached hydrogen (secondary N) is 1. The van der Waals surface area contributed by atoms with Crippen LogP contribution < -0.4 is 5.32 Å². The molecule has 0 radical (unpaired) electrons. The third-order valence-electron chi connectivity index (χ3n) is 3.75. The van der Waals surface area contributed by atoms with E-state index in [4.69, 9.17) is 0 Å². The fourth-order valence-corrected chi connectivity index (χ4v) is 2.46. The van der Waals surface area contributed by atoms with E-state index in [1.807, 2.05) is 13.0 Å². The van der Waals surface area contributed by atoms with Crippen molar-refractivity contribution in [2.45, 2.75) is 13.3 Å². The number of nitro benzene ring substituents is 1. The largest absolute Gasteiger partial charge is 0.322 e. The van der Waals surface area contributed by atoms with Gasteiger partial charge in [0.25, 0.3) is 11.6 Å². The summed E-state index contributed by atoms with van der Waals surface area (Å²) in [6.45, 7) is 1.83. The normalized spacial score (nSPS) is 10.4. The number of nitro groups is 1. The molecule has 0 atom stereocenters. The first-order valence-corrected chi connectivity index (χ1v) is 7.62. The Morgan fingerprint density at radius 1 is 1.20 bits per heavy atom. The average molecular weight is 337 g/mol. The van der Waals surface area contributed by atoms with Crippen LogP contribution in [-0.4, -0.2) is 25.6 Å². The van der Waals surface area contributed by atoms with Crippen molar-refractivity contribution in [3.63, 3.8) is 0 Å². The Kier molecular flexibility index (Phi) is 4.51. The average Bonchev–Trinajstić information content (AvgIpc) is 3.16. The summed E-state index contributed by atoms with van der Waals surface area (Å²) in [5, 5.41) is 21.4. The van der Waals surface area contributed by atoms with E-state index in [2.05, 4.69) is 15.5 Å². The molecule has 8 heteroatoms. The highest BCUT2D eigenvalue weighted by molar-refractivity contribution is 6.04. The minimum absolute atomic E-state index is 0.0478. The van der Waals surface area contributed by atoms with Gasteiger partial charge in [0.15, 0.2) is 0 Å². The van der Waals surface area contributed by atoms with Crippen LogP contribution in [0.25, 0.3) is 5.69 Å². The monoisotopic (exact) mass is 337 g/mol. The topological polar surface area (TPSA) is 103 Å². The zero-order valence-electron chi connectivity index (χ0n) is 13.4. The molecule has 2 aromatic carbocycles. The van der Waals surface area contributed by atoms with Crippen LogP contribution in [-0.2, 0) is 6.42 Å². The summed E-state index contributed by atoms with van der Waals surface area (Å²) in [6, 6.07) is 11.6. The van der Waals surface area contributed by atoms with Gasteiger partial charge >= 0.3 is 0 Å². The van der Waals surface area contributed by atoms with Gasteiger partial charge in [-0.25, -0.2) is 0 Å². The van der Waals surface area contributed by atoms with Gasteiger partial charge in [-0.15, -0.1) is 10.2 Å². The van der Waals surface area contributed by atoms with Gasteiger partial charge in [0.2, 0.25) is 0 Å². The molecule has 1 amide bonds. The fourth-order valence-electron chi connectivity index (χ4n) is 2.46. The van der Waals surface area contributed by atoms with Crippen LogP contribution in [0.1, 0.15) is 22.8 Å². The number of hydrogen-bond donors (Lipinski definition) is 1. The fraction of sp³-hybridized carbons (Fsp3) is 0.118. The SMILES string of the molecule is CCc1ccc(C(=O)Nc2cccc(-n3cnnc3)c2)cc1[N+](=O)[O-]. The molecule has 0 saturated heterocycles. The second-order valence-corrected chi connectivity index (χ2v) is 5.33. The summed E-state index contributed by atoms with van der Waals surface area (Å²) in [7, 11) is 0. The molecule has 3 rings (SSSR count). The number of hydrogen-bond acceptors (Lipinski definition) is 5. The third kappa shape index (κ3) is 3.52. The first-order valence-electron chi connectivity index (χ1n) is 7.62. The number of amides is 1. The standard InChI is InChI=1S/C17H15N5O3/c1-2-12-6-7-13(8-16(12)22(24)25)17(23)20-14-4-3-5-15(9-14)21-10-18-19-11-21/h3-11H,2H2,1H3,(H,20,23). The molecule has 126 valence electrons. The number of anilines is 1. The van der Waals surface area contributed by atoms with E-state index >= 15 is 0 Å². The number of rotatable bonds is 5. The van der Waals surface area contributed by atoms with Gasteiger partial charge in [0, 0.05) is 22.9 Å². The first-order chi connectivity index (χ1) is 12.1. The van der Waals surface area contributed by atoms with E-state index in [1.54, 1.807) is 47.6 Å². The quantitative estimate of drug-likeness (QED) is 0.569. The molecule has 8 nitrogen and oxygen atoms in total. The highest BCUT2D eigenvalue weighted by atomic mass is 16.6. The van der Waals surface area contributed by atoms with E-state index in [0.29, 0.717) is 17.7 Å². The molecule has 25 heavy (non-hydrogen) atoms. The van der Waals surface area contributed by atoms with Crippen LogP contribution in [0, 0.1) is 10.1 Å². The van der Waals surface area contributed by atoms with Gasteiger partial charge in [-0.3, -0.25) is 19.5 Å². The van der Waals surface area contributed by atoms with Gasteiger partial charge in [-0.05, 0) is 30.7 Å². The number of benzene rings is 2. The van der Waals surface area contributed by atoms with Crippen molar-refractivity contribution in [2.24, 2.45) is 0 Å². The van der Waals surface area contributed by atoms with Gasteiger partial charge in [-0.2, -0.15) is 0 Å². The summed E-state index contributed by atoms with van der Waals surface area (Å²) >= 11 is 0. The van der Waals surface area contributed by atoms with Crippen LogP contribution >= 0.6 is 0 Å². The van der Waals surface area contributed by atoms with E-state index in [9.17, 15) is 14.9 Å². The van der Waals surface area contributed by atoms with Crippen molar-refractivity contribution in [3.8, 4) is 5.69 Å². The van der Waals surface area contributed by atoms with Crippen molar-refractivity contribution >= 4 is 17.3 Å². The minimum atomic E-state index is -0.470. The lowest BCUT2D eigenvalue weighted by molar-refractivity contribution is -0.385. The summed E-state index contributed by atoms with van der Waals surface area (Å²) in [4.78, 5) is 23.1. The Morgan fingerprint density at radius 3 is 2.64 bits per heavy atom. The molecule has 0 aliphatic carbocycles. The van der Waals surface area contributed by atoms with Gasteiger partial charge < -0.3 is 5.32 Å². The molecular formula is C17H15N5O3. The second kappa shape index (κ2) is 6.91. The van der Waals surface area contributed by atoms with Crippen molar-refractivity contribution in [2.75, 3.05) is 5.32 Å². The molecule has 0 aliphatic rings. The zero-order valence-corrected chi connectivity index (χ0v) is 13.4. The lowest BCUT2D eigenvalue weighted by Gasteiger charge is -2.08. The number of nitrogens with zero attached hydrogens (tertiary/aromatic N) is 4. The predicted molar refractivity (Wildman–Crippen MR) is 91.8 cm³/mol. The molecule has 0 unspecified atom stereocenters. The van der Waals surface area contributed by atoms with Crippen molar-refractivity contribution in [3.05, 3.63) is 76.4 Å². The van der Waals surface area contributed by atoms with Crippen molar-refractivity contribution in [1.82, 2.24) is 14.8 Å². The Balaban J connectivity index is 1.84. The Bertz CT molecular complexity index is 922. The highest BCUT2D eigenvalue weighted by Crippen LogP contribution is 2.22. The molecular weight excluding hydrogens is 322 g/mol. The summed E-state index contributed by atoms with van der Waals surface area (Å²) in [5.41, 5.74) is 2.14. The maximum Gasteiger partial charge on any atom is 0.273 e. The van der Waals surface area contributed by atoms with Crippen molar-refractivity contribution in [1.29, 1.82) is 0 Å². The molecule has 0 aliphatic heterocycles. The zero-order chi connectivity index (χ0) is 17.8. The number of aryl methyl sites for hydroxylation is 1. The maximum absolute atomic E-state index is 12.4. The predicted octanol–water partition coefficient (Wildman–Crippen LogP) is 2.99. The molecule has 0 spiro atoms. The minimum Gasteiger partial charge on any atom is -0.322 e. The molecule has 1 aromatic heterocycles. The number of carbonyl (C=O) groups is 1. The molecule has 1 heterocycles. The molecule has 0 bridgehead atoms. The molecule has 3 aromatic rings. The lowest BCUT2D eigenvalue weighted by Crippen LogP contribution is -2.12. The number of carbonyl (C=O) groups excluding carboxylic acids is 1. The Morgan fingerprint density at radius 2 is 1.96 bits per heavy atom. The Hall–Kier alpha value is -3.55. The summed E-state index contributed by atoms with van der Waals surface area (Å²) < 4.78 is 1.70. The van der Waals surface area contributed by atoms with E-state index in [-0.39, 0.29) is 11.3 Å². The van der Waals surface area contributed by atoms with Crippen LogP contribution in [0.3, 0.4) is 0 Å². The molecule has 0 fully saturated rings. The van der Waals surface area contributed by atoms with Gasteiger partial charge in [0.05, 0.1) is 10.6 Å². The van der Waals surface area contributed by atoms with Crippen LogP contribution in [0.5, 0.6) is 0 Å². The lowest BCUT2D eigenvalue weighted by atomic mass is 10.1. The smallest absolute Gasteiger partial charge is 0.273 e. The van der Waals surface area contributed by atoms with Crippen LogP contribution in [0.2, 0.25) is 0 Å². The molecule has 0 saturated carbocycles. The molecule has 1 N–H and O–H groups in total. The van der Waals surface area contributed by atoms with Crippen LogP contribution in [0.15, 0.2) is 55.1 Å². The van der Waals surface area contributed by atoms with E-state index in [0.717, 1.165) is 5.69 Å². The van der Waals surface area contributed by atoms with Gasteiger partial charge in [-0.1, -0.05) is 19.1 Å².